The molecule has 4 aliphatic heterocycles. The number of piperidine rings is 1. The number of anilines is 2. The number of piperazine rings is 1. The minimum atomic E-state index is -0.995. The molecule has 0 bridgehead atoms. The first-order valence-corrected chi connectivity index (χ1v) is 22.0. The molecule has 6 N–H and O–H groups in total. The average molecular weight is 866 g/mol. The van der Waals surface area contributed by atoms with Crippen molar-refractivity contribution in [2.45, 2.75) is 77.7 Å². The topological polar surface area (TPSA) is 205 Å². The van der Waals surface area contributed by atoms with Gasteiger partial charge in [-0.1, -0.05) is 31.7 Å². The Morgan fingerprint density at radius 2 is 1.52 bits per heavy atom. The normalized spacial score (nSPS) is 18.4. The second-order valence-corrected chi connectivity index (χ2v) is 16.7. The molecule has 1 atom stereocenters. The van der Waals surface area contributed by atoms with E-state index in [-0.39, 0.29) is 41.7 Å². The number of rotatable bonds is 19. The minimum Gasteiger partial charge on any atom is -0.384 e. The van der Waals surface area contributed by atoms with E-state index in [0.717, 1.165) is 82.6 Å². The molecule has 334 valence electrons. The summed E-state index contributed by atoms with van der Waals surface area (Å²) in [5.74, 6) is -2.99. The van der Waals surface area contributed by atoms with E-state index in [1.54, 1.807) is 24.3 Å². The van der Waals surface area contributed by atoms with E-state index in [4.69, 9.17) is 0 Å². The fraction of sp³-hybridized carbons (Fsp3) is 0.457. The third kappa shape index (κ3) is 10.5. The number of nitrogens with one attached hydrogen (secondary N) is 6. The van der Waals surface area contributed by atoms with Crippen LogP contribution in [0.25, 0.3) is 11.6 Å². The van der Waals surface area contributed by atoms with E-state index >= 15 is 0 Å². The Labute approximate surface area is 365 Å². The first kappa shape index (κ1) is 44.8. The molecule has 17 heteroatoms. The molecule has 1 aromatic heterocycles. The number of aromatic nitrogens is 1. The number of aryl methyl sites for hydroxylation is 1. The molecule has 0 saturated carbocycles. The maximum atomic E-state index is 13.9. The van der Waals surface area contributed by atoms with E-state index < -0.39 is 35.5 Å². The van der Waals surface area contributed by atoms with Gasteiger partial charge >= 0.3 is 0 Å². The van der Waals surface area contributed by atoms with Crippen LogP contribution in [0, 0.1) is 19.7 Å². The van der Waals surface area contributed by atoms with Gasteiger partial charge in [0.15, 0.2) is 0 Å². The van der Waals surface area contributed by atoms with Gasteiger partial charge in [-0.3, -0.25) is 48.7 Å². The Morgan fingerprint density at radius 1 is 0.810 bits per heavy atom. The summed E-state index contributed by atoms with van der Waals surface area (Å²) in [7, 11) is 0. The summed E-state index contributed by atoms with van der Waals surface area (Å²) < 4.78 is 13.9. The maximum absolute atomic E-state index is 13.9. The van der Waals surface area contributed by atoms with Crippen LogP contribution in [0.15, 0.2) is 36.4 Å². The molecule has 0 radical (unpaired) electrons. The smallest absolute Gasteiger partial charge is 0.264 e. The van der Waals surface area contributed by atoms with Gasteiger partial charge in [0.2, 0.25) is 17.7 Å². The summed E-state index contributed by atoms with van der Waals surface area (Å²) in [6.45, 7) is 9.91. The number of H-pyrrole nitrogens is 1. The molecule has 2 saturated heterocycles. The van der Waals surface area contributed by atoms with Crippen molar-refractivity contribution < 1.29 is 38.0 Å². The summed E-state index contributed by atoms with van der Waals surface area (Å²) in [4.78, 5) is 97.4. The molecule has 0 spiro atoms. The lowest BCUT2D eigenvalue weighted by Gasteiger charge is -2.34. The van der Waals surface area contributed by atoms with Gasteiger partial charge < -0.3 is 31.2 Å². The van der Waals surface area contributed by atoms with Gasteiger partial charge in [-0.05, 0) is 88.0 Å². The number of nitrogens with zero attached hydrogens (tertiary/aromatic N) is 3. The van der Waals surface area contributed by atoms with Crippen LogP contribution in [0.3, 0.4) is 0 Å². The van der Waals surface area contributed by atoms with E-state index in [1.807, 2.05) is 13.8 Å². The molecule has 16 nitrogen and oxygen atoms in total. The highest BCUT2D eigenvalue weighted by molar-refractivity contribution is 6.35. The van der Waals surface area contributed by atoms with Gasteiger partial charge in [0, 0.05) is 80.6 Å². The second-order valence-electron chi connectivity index (χ2n) is 16.7. The lowest BCUT2D eigenvalue weighted by Crippen LogP contribution is -2.54. The zero-order chi connectivity index (χ0) is 44.6. The summed E-state index contributed by atoms with van der Waals surface area (Å²) in [5, 5.41) is 14.3. The van der Waals surface area contributed by atoms with Crippen molar-refractivity contribution in [1.82, 2.24) is 35.6 Å². The highest BCUT2D eigenvalue weighted by atomic mass is 19.1. The lowest BCUT2D eigenvalue weighted by atomic mass is 10.0. The average Bonchev–Trinajstić information content (AvgIpc) is 3.82. The van der Waals surface area contributed by atoms with Crippen molar-refractivity contribution in [3.63, 3.8) is 0 Å². The number of carbonyl (C=O) groups is 7. The van der Waals surface area contributed by atoms with Gasteiger partial charge in [0.05, 0.1) is 28.8 Å². The first-order valence-electron chi connectivity index (χ1n) is 22.0. The highest BCUT2D eigenvalue weighted by Gasteiger charge is 2.45. The maximum Gasteiger partial charge on any atom is 0.264 e. The summed E-state index contributed by atoms with van der Waals surface area (Å²) in [5.41, 5.74) is 5.03. The molecule has 4 aliphatic rings. The van der Waals surface area contributed by atoms with Crippen molar-refractivity contribution in [3.05, 3.63) is 81.4 Å². The predicted molar refractivity (Wildman–Crippen MR) is 235 cm³/mol. The molecule has 7 amide bonds. The third-order valence-corrected chi connectivity index (χ3v) is 12.2. The van der Waals surface area contributed by atoms with E-state index in [9.17, 15) is 38.0 Å². The Bertz CT molecular complexity index is 2320. The fourth-order valence-corrected chi connectivity index (χ4v) is 8.80. The quantitative estimate of drug-likeness (QED) is 0.0582. The molecule has 63 heavy (non-hydrogen) atoms. The van der Waals surface area contributed by atoms with Gasteiger partial charge in [-0.15, -0.1) is 0 Å². The van der Waals surface area contributed by atoms with Crippen LogP contribution < -0.4 is 26.6 Å². The number of carbonyl (C=O) groups excluding carboxylic acids is 7. The van der Waals surface area contributed by atoms with Crippen LogP contribution in [0.4, 0.5) is 15.8 Å². The van der Waals surface area contributed by atoms with Crippen LogP contribution in [0.5, 0.6) is 0 Å². The molecule has 0 aliphatic carbocycles. The number of aromatic amines is 1. The van der Waals surface area contributed by atoms with Crippen LogP contribution in [-0.2, 0) is 19.2 Å². The van der Waals surface area contributed by atoms with Crippen molar-refractivity contribution in [1.29, 1.82) is 0 Å². The standard InChI is InChI=1S/C46H56FN9O7/c1-28-36(26-33-32-25-30(47)13-14-34(32)52-42(33)59)51-29(2)40(28)44(61)50-19-10-20-54-21-23-55(24-22-54)27-39(58)49-18-8-6-4-3-5-7-17-48-35-12-9-11-31-41(35)46(63)56(45(31)62)37-15-16-38(57)53-43(37)60/h9,11-14,25-26,37,48,51H,3-8,10,15-24,27H2,1-2H3,(H,49,58)(H,50,61)(H,52,59)(H,53,57,60). The van der Waals surface area contributed by atoms with Crippen LogP contribution in [0.2, 0.25) is 0 Å². The molecular weight excluding hydrogens is 810 g/mol. The highest BCUT2D eigenvalue weighted by Crippen LogP contribution is 2.35. The number of amides is 7. The van der Waals surface area contributed by atoms with E-state index in [1.165, 1.54) is 18.2 Å². The van der Waals surface area contributed by atoms with Gasteiger partial charge in [0.25, 0.3) is 23.6 Å². The van der Waals surface area contributed by atoms with Crippen molar-refractivity contribution in [2.24, 2.45) is 0 Å². The Kier molecular flexibility index (Phi) is 14.5. The summed E-state index contributed by atoms with van der Waals surface area (Å²) >= 11 is 0. The molecule has 3 aromatic rings. The lowest BCUT2D eigenvalue weighted by molar-refractivity contribution is -0.136. The zero-order valence-electron chi connectivity index (χ0n) is 35.9. The number of unbranched alkanes of at least 4 members (excludes halogenated alkanes) is 5. The van der Waals surface area contributed by atoms with Gasteiger partial charge in [-0.2, -0.15) is 0 Å². The first-order chi connectivity index (χ1) is 30.4. The molecule has 2 fully saturated rings. The number of hydrogen-bond acceptors (Lipinski definition) is 10. The molecule has 7 rings (SSSR count). The Balaban J connectivity index is 0.713. The van der Waals surface area contributed by atoms with Crippen molar-refractivity contribution in [2.75, 3.05) is 69.5 Å². The van der Waals surface area contributed by atoms with E-state index in [0.29, 0.717) is 71.2 Å². The van der Waals surface area contributed by atoms with Crippen LogP contribution in [0.1, 0.15) is 111 Å². The summed E-state index contributed by atoms with van der Waals surface area (Å²) in [6, 6.07) is 8.23. The molecule has 5 heterocycles. The minimum absolute atomic E-state index is 0.0324. The Hall–Kier alpha value is -6.20. The number of fused-ring (bicyclic) bond motifs is 2. The molecule has 1 unspecified atom stereocenters. The molecular formula is C46H56FN9O7. The zero-order valence-corrected chi connectivity index (χ0v) is 35.9. The second kappa shape index (κ2) is 20.3. The van der Waals surface area contributed by atoms with E-state index in [2.05, 4.69) is 41.4 Å². The SMILES string of the molecule is Cc1[nH]c(C=C2C(=O)Nc3ccc(F)cc32)c(C)c1C(=O)NCCCN1CCN(CC(=O)NCCCCCCCCNc2cccc3c2C(=O)N(C2CCC(=O)NC2=O)C3=O)CC1. The Morgan fingerprint density at radius 3 is 2.29 bits per heavy atom. The largest absolute Gasteiger partial charge is 0.384 e. The monoisotopic (exact) mass is 865 g/mol. The predicted octanol–water partition coefficient (Wildman–Crippen LogP) is 3.97. The van der Waals surface area contributed by atoms with Gasteiger partial charge in [-0.25, -0.2) is 4.39 Å². The van der Waals surface area contributed by atoms with Gasteiger partial charge in [0.1, 0.15) is 11.9 Å². The van der Waals surface area contributed by atoms with Crippen molar-refractivity contribution >= 4 is 64.4 Å². The van der Waals surface area contributed by atoms with Crippen molar-refractivity contribution in [3.8, 4) is 0 Å². The molecule has 2 aromatic carbocycles. The van der Waals surface area contributed by atoms with Crippen LogP contribution >= 0.6 is 0 Å². The summed E-state index contributed by atoms with van der Waals surface area (Å²) in [6.07, 6.45) is 8.49. The number of halogens is 1. The fourth-order valence-electron chi connectivity index (χ4n) is 8.80. The third-order valence-electron chi connectivity index (χ3n) is 12.2. The number of hydrogen-bond donors (Lipinski definition) is 6. The number of benzene rings is 2. The number of imide groups is 2. The van der Waals surface area contributed by atoms with Crippen LogP contribution in [-0.4, -0.2) is 126 Å².